The van der Waals surface area contributed by atoms with Gasteiger partial charge >= 0.3 is 0 Å². The van der Waals surface area contributed by atoms with Gasteiger partial charge in [0.15, 0.2) is 0 Å². The summed E-state index contributed by atoms with van der Waals surface area (Å²) < 4.78 is 4.04. The summed E-state index contributed by atoms with van der Waals surface area (Å²) in [4.78, 5) is 12.3. The first-order valence-corrected chi connectivity index (χ1v) is 8.14. The molecule has 2 aromatic heterocycles. The molecule has 0 bridgehead atoms. The van der Waals surface area contributed by atoms with Crippen LogP contribution in [-0.4, -0.2) is 14.3 Å². The molecule has 0 aliphatic heterocycles. The summed E-state index contributed by atoms with van der Waals surface area (Å²) in [5.74, 6) is 0.412. The van der Waals surface area contributed by atoms with Crippen molar-refractivity contribution in [1.29, 1.82) is 5.26 Å². The predicted molar refractivity (Wildman–Crippen MR) is 86.7 cm³/mol. The van der Waals surface area contributed by atoms with E-state index in [1.54, 1.807) is 21.4 Å². The number of nitriles is 1. The van der Waals surface area contributed by atoms with Crippen LogP contribution in [0, 0.1) is 30.1 Å². The summed E-state index contributed by atoms with van der Waals surface area (Å²) in [6.07, 6.45) is 0.890. The number of pyridine rings is 1. The second kappa shape index (κ2) is 5.90. The van der Waals surface area contributed by atoms with Crippen LogP contribution in [0.3, 0.4) is 0 Å². The van der Waals surface area contributed by atoms with Crippen LogP contribution in [0.1, 0.15) is 17.7 Å². The van der Waals surface area contributed by atoms with E-state index in [4.69, 9.17) is 16.9 Å². The van der Waals surface area contributed by atoms with E-state index in [2.05, 4.69) is 27.1 Å². The maximum absolute atomic E-state index is 12.3. The molecule has 2 heterocycles. The van der Waals surface area contributed by atoms with E-state index in [-0.39, 0.29) is 11.5 Å². The highest BCUT2D eigenvalue weighted by Gasteiger charge is 2.37. The van der Waals surface area contributed by atoms with Gasteiger partial charge in [-0.25, -0.2) is 4.68 Å². The average Bonchev–Trinajstić information content (AvgIpc) is 3.13. The summed E-state index contributed by atoms with van der Waals surface area (Å²) in [6.45, 7) is 2.98. The first-order chi connectivity index (χ1) is 10.5. The van der Waals surface area contributed by atoms with Crippen molar-refractivity contribution in [3.8, 4) is 6.07 Å². The van der Waals surface area contributed by atoms with Crippen molar-refractivity contribution in [3.05, 3.63) is 49.6 Å². The van der Waals surface area contributed by atoms with Gasteiger partial charge in [0.1, 0.15) is 9.76 Å². The van der Waals surface area contributed by atoms with E-state index in [9.17, 15) is 4.79 Å². The third-order valence-corrected chi connectivity index (χ3v) is 4.63. The number of rotatable bonds is 4. The highest BCUT2D eigenvalue weighted by atomic mass is 79.9. The third-order valence-electron chi connectivity index (χ3n) is 3.93. The van der Waals surface area contributed by atoms with Crippen molar-refractivity contribution in [1.82, 2.24) is 14.3 Å². The summed E-state index contributed by atoms with van der Waals surface area (Å²) in [5, 5.41) is 13.6. The molecule has 0 unspecified atom stereocenters. The van der Waals surface area contributed by atoms with Crippen molar-refractivity contribution in [2.45, 2.75) is 26.4 Å². The van der Waals surface area contributed by atoms with E-state index >= 15 is 0 Å². The Kier molecular flexibility index (Phi) is 4.11. The molecule has 1 fully saturated rings. The zero-order valence-corrected chi connectivity index (χ0v) is 14.3. The Morgan fingerprint density at radius 1 is 1.50 bits per heavy atom. The van der Waals surface area contributed by atoms with Gasteiger partial charge in [-0.15, -0.1) is 0 Å². The predicted octanol–water partition coefficient (Wildman–Crippen LogP) is 2.98. The Morgan fingerprint density at radius 2 is 2.27 bits per heavy atom. The molecule has 2 aromatic rings. The van der Waals surface area contributed by atoms with Crippen LogP contribution in [0.25, 0.3) is 0 Å². The topological polar surface area (TPSA) is 63.6 Å². The fraction of sp³-hybridized carbons (Fsp3) is 0.400. The molecule has 0 aromatic carbocycles. The molecule has 0 amide bonds. The molecule has 0 N–H and O–H groups in total. The van der Waals surface area contributed by atoms with Crippen LogP contribution in [0.4, 0.5) is 0 Å². The minimum atomic E-state index is -0.0408. The molecule has 0 saturated heterocycles. The minimum absolute atomic E-state index is 0.0408. The van der Waals surface area contributed by atoms with Crippen LogP contribution < -0.4 is 5.56 Å². The van der Waals surface area contributed by atoms with Crippen molar-refractivity contribution in [2.24, 2.45) is 11.8 Å². The summed E-state index contributed by atoms with van der Waals surface area (Å²) in [7, 11) is 0. The summed E-state index contributed by atoms with van der Waals surface area (Å²) >= 11 is 9.35. The van der Waals surface area contributed by atoms with Crippen LogP contribution in [-0.2, 0) is 13.1 Å². The first kappa shape index (κ1) is 15.3. The number of aromatic nitrogens is 3. The number of hydrogen-bond acceptors (Lipinski definition) is 3. The number of nitrogens with zero attached hydrogens (tertiary/aromatic N) is 4. The Balaban J connectivity index is 1.82. The molecule has 0 spiro atoms. The first-order valence-electron chi connectivity index (χ1n) is 6.96. The standard InChI is InChI=1S/C15H14BrClN4O/c1-9-2-10(7-21-14(17)5-13(16)19-21)3-15(22)20(9)8-12-4-11(12)6-18/h2-3,5,11-12H,4,7-8H2,1H3/t11-,12-/m1/s1. The Morgan fingerprint density at radius 3 is 2.82 bits per heavy atom. The third kappa shape index (κ3) is 3.11. The molecule has 3 rings (SSSR count). The Bertz CT molecular complexity index is 820. The van der Waals surface area contributed by atoms with Crippen LogP contribution >= 0.6 is 27.5 Å². The fourth-order valence-electron chi connectivity index (χ4n) is 2.61. The number of halogens is 2. The second-order valence-electron chi connectivity index (χ2n) is 5.63. The van der Waals surface area contributed by atoms with Gasteiger partial charge in [0.25, 0.3) is 5.56 Å². The fourth-order valence-corrected chi connectivity index (χ4v) is 3.36. The monoisotopic (exact) mass is 380 g/mol. The smallest absolute Gasteiger partial charge is 0.251 e. The minimum Gasteiger partial charge on any atom is -0.313 e. The number of hydrogen-bond donors (Lipinski definition) is 0. The lowest BCUT2D eigenvalue weighted by Gasteiger charge is -2.11. The lowest BCUT2D eigenvalue weighted by Crippen LogP contribution is -2.24. The van der Waals surface area contributed by atoms with E-state index in [0.29, 0.717) is 28.8 Å². The summed E-state index contributed by atoms with van der Waals surface area (Å²) in [6, 6.07) is 7.55. The van der Waals surface area contributed by atoms with Gasteiger partial charge in [-0.05, 0) is 46.8 Å². The molecule has 1 saturated carbocycles. The lowest BCUT2D eigenvalue weighted by atomic mass is 10.2. The number of aryl methyl sites for hydroxylation is 1. The molecule has 2 atom stereocenters. The average molecular weight is 382 g/mol. The van der Waals surface area contributed by atoms with Crippen molar-refractivity contribution in [3.63, 3.8) is 0 Å². The van der Waals surface area contributed by atoms with Gasteiger partial charge in [-0.3, -0.25) is 4.79 Å². The van der Waals surface area contributed by atoms with Crippen molar-refractivity contribution in [2.75, 3.05) is 0 Å². The van der Waals surface area contributed by atoms with E-state index in [1.165, 1.54) is 0 Å². The van der Waals surface area contributed by atoms with E-state index in [1.807, 2.05) is 13.0 Å². The zero-order chi connectivity index (χ0) is 15.9. The highest BCUT2D eigenvalue weighted by molar-refractivity contribution is 9.10. The highest BCUT2D eigenvalue weighted by Crippen LogP contribution is 2.38. The Hall–Kier alpha value is -1.58. The molecule has 22 heavy (non-hydrogen) atoms. The quantitative estimate of drug-likeness (QED) is 0.818. The lowest BCUT2D eigenvalue weighted by molar-refractivity contribution is 0.573. The molecule has 5 nitrogen and oxygen atoms in total. The Labute approximate surface area is 141 Å². The van der Waals surface area contributed by atoms with Crippen molar-refractivity contribution >= 4 is 27.5 Å². The molecule has 0 radical (unpaired) electrons. The van der Waals surface area contributed by atoms with Gasteiger partial charge < -0.3 is 4.57 Å². The van der Waals surface area contributed by atoms with Crippen LogP contribution in [0.5, 0.6) is 0 Å². The molecular formula is C15H14BrClN4O. The zero-order valence-electron chi connectivity index (χ0n) is 12.0. The molecule has 114 valence electrons. The van der Waals surface area contributed by atoms with Crippen LogP contribution in [0.2, 0.25) is 5.15 Å². The normalized spacial score (nSPS) is 19.9. The van der Waals surface area contributed by atoms with Gasteiger partial charge in [0.05, 0.1) is 18.5 Å². The molecule has 7 heteroatoms. The molecular weight excluding hydrogens is 368 g/mol. The largest absolute Gasteiger partial charge is 0.313 e. The molecule has 1 aliphatic carbocycles. The van der Waals surface area contributed by atoms with Crippen molar-refractivity contribution < 1.29 is 0 Å². The second-order valence-corrected chi connectivity index (χ2v) is 6.83. The summed E-state index contributed by atoms with van der Waals surface area (Å²) in [5.41, 5.74) is 1.72. The van der Waals surface area contributed by atoms with E-state index in [0.717, 1.165) is 17.7 Å². The van der Waals surface area contributed by atoms with Gasteiger partial charge in [0, 0.05) is 24.4 Å². The van der Waals surface area contributed by atoms with Gasteiger partial charge in [0.2, 0.25) is 0 Å². The molecule has 1 aliphatic rings. The maximum atomic E-state index is 12.3. The van der Waals surface area contributed by atoms with Gasteiger partial charge in [-0.2, -0.15) is 10.4 Å². The maximum Gasteiger partial charge on any atom is 0.251 e. The van der Waals surface area contributed by atoms with Crippen LogP contribution in [0.15, 0.2) is 27.6 Å². The SMILES string of the molecule is Cc1cc(Cn2nc(Br)cc2Cl)cc(=O)n1C[C@H]1C[C@@H]1C#N. The van der Waals surface area contributed by atoms with Gasteiger partial charge in [-0.1, -0.05) is 11.6 Å². The van der Waals surface area contributed by atoms with E-state index < -0.39 is 0 Å².